The third-order valence-corrected chi connectivity index (χ3v) is 1.85. The van der Waals surface area contributed by atoms with Gasteiger partial charge in [-0.05, 0) is 22.0 Å². The molecule has 1 rings (SSSR count). The fourth-order valence-corrected chi connectivity index (χ4v) is 1.19. The van der Waals surface area contributed by atoms with Crippen LogP contribution < -0.4 is 11.1 Å². The predicted molar refractivity (Wildman–Crippen MR) is 54.2 cm³/mol. The summed E-state index contributed by atoms with van der Waals surface area (Å²) in [6.45, 7) is 1.13. The number of halogens is 1. The van der Waals surface area contributed by atoms with Crippen LogP contribution in [0.1, 0.15) is 5.56 Å². The van der Waals surface area contributed by atoms with Gasteiger partial charge in [-0.3, -0.25) is 0 Å². The highest BCUT2D eigenvalue weighted by atomic mass is 79.9. The molecule has 0 saturated heterocycles. The highest BCUT2D eigenvalue weighted by molar-refractivity contribution is 9.10. The zero-order valence-electron chi connectivity index (χ0n) is 6.92. The molecule has 0 unspecified atom stereocenters. The molecule has 0 aliphatic rings. The summed E-state index contributed by atoms with van der Waals surface area (Å²) in [6, 6.07) is 3.76. The summed E-state index contributed by atoms with van der Waals surface area (Å²) in [5.74, 6) is 0.580. The molecule has 0 bridgehead atoms. The van der Waals surface area contributed by atoms with E-state index in [0.29, 0.717) is 24.5 Å². The van der Waals surface area contributed by atoms with Crippen LogP contribution in [0.3, 0.4) is 0 Å². The molecule has 0 aromatic carbocycles. The first kappa shape index (κ1) is 9.96. The van der Waals surface area contributed by atoms with Crippen LogP contribution in [-0.2, 0) is 0 Å². The molecule has 13 heavy (non-hydrogen) atoms. The van der Waals surface area contributed by atoms with Crippen LogP contribution in [0.15, 0.2) is 16.7 Å². The number of pyridine rings is 1. The van der Waals surface area contributed by atoms with Gasteiger partial charge in [-0.2, -0.15) is 5.26 Å². The van der Waals surface area contributed by atoms with Crippen molar-refractivity contribution in [1.82, 2.24) is 4.98 Å². The Morgan fingerprint density at radius 2 is 2.46 bits per heavy atom. The van der Waals surface area contributed by atoms with Gasteiger partial charge in [-0.15, -0.1) is 0 Å². The molecule has 68 valence electrons. The van der Waals surface area contributed by atoms with Gasteiger partial charge in [0.05, 0.1) is 5.56 Å². The summed E-state index contributed by atoms with van der Waals surface area (Å²) < 4.78 is 0.794. The second kappa shape index (κ2) is 4.80. The summed E-state index contributed by atoms with van der Waals surface area (Å²) in [5.41, 5.74) is 5.83. The van der Waals surface area contributed by atoms with Gasteiger partial charge in [-0.25, -0.2) is 4.98 Å². The van der Waals surface area contributed by atoms with Crippen LogP contribution >= 0.6 is 15.9 Å². The van der Waals surface area contributed by atoms with Gasteiger partial charge in [0, 0.05) is 23.8 Å². The minimum absolute atomic E-state index is 0.516. The summed E-state index contributed by atoms with van der Waals surface area (Å²) in [6.07, 6.45) is 1.64. The van der Waals surface area contributed by atoms with Crippen LogP contribution in [0, 0.1) is 11.3 Å². The molecule has 0 radical (unpaired) electrons. The lowest BCUT2D eigenvalue weighted by atomic mass is 10.3. The standard InChI is InChI=1S/C8H9BrN4/c9-7-3-6(4-11)8(13-5-7)12-2-1-10/h3,5H,1-2,10H2,(H,12,13). The number of nitrogens with zero attached hydrogens (tertiary/aromatic N) is 2. The first-order chi connectivity index (χ1) is 6.27. The van der Waals surface area contributed by atoms with Crippen LogP contribution in [-0.4, -0.2) is 18.1 Å². The third-order valence-electron chi connectivity index (χ3n) is 1.41. The van der Waals surface area contributed by atoms with E-state index in [1.54, 1.807) is 12.3 Å². The molecule has 4 nitrogen and oxygen atoms in total. The molecule has 0 fully saturated rings. The van der Waals surface area contributed by atoms with Crippen LogP contribution in [0.2, 0.25) is 0 Å². The van der Waals surface area contributed by atoms with E-state index in [2.05, 4.69) is 26.2 Å². The predicted octanol–water partition coefficient (Wildman–Crippen LogP) is 1.09. The van der Waals surface area contributed by atoms with Crippen LogP contribution in [0.4, 0.5) is 5.82 Å². The number of hydrogen-bond acceptors (Lipinski definition) is 4. The SMILES string of the molecule is N#Cc1cc(Br)cnc1NCCN. The van der Waals surface area contributed by atoms with Crippen LogP contribution in [0.25, 0.3) is 0 Å². The zero-order chi connectivity index (χ0) is 9.68. The van der Waals surface area contributed by atoms with E-state index < -0.39 is 0 Å². The molecule has 1 aromatic heterocycles. The molecule has 5 heteroatoms. The largest absolute Gasteiger partial charge is 0.368 e. The number of nitrogens with one attached hydrogen (secondary N) is 1. The lowest BCUT2D eigenvalue weighted by Crippen LogP contribution is -2.14. The maximum absolute atomic E-state index is 8.76. The highest BCUT2D eigenvalue weighted by Gasteiger charge is 2.02. The van der Waals surface area contributed by atoms with Crippen molar-refractivity contribution >= 4 is 21.7 Å². The van der Waals surface area contributed by atoms with E-state index in [1.807, 2.05) is 6.07 Å². The van der Waals surface area contributed by atoms with Crippen molar-refractivity contribution in [2.75, 3.05) is 18.4 Å². The lowest BCUT2D eigenvalue weighted by molar-refractivity contribution is 1.01. The van der Waals surface area contributed by atoms with Crippen molar-refractivity contribution in [3.8, 4) is 6.07 Å². The Labute approximate surface area is 84.9 Å². The van der Waals surface area contributed by atoms with Gasteiger partial charge >= 0.3 is 0 Å². The van der Waals surface area contributed by atoms with E-state index in [4.69, 9.17) is 11.0 Å². The molecular formula is C8H9BrN4. The van der Waals surface area contributed by atoms with E-state index >= 15 is 0 Å². The Bertz CT molecular complexity index is 331. The number of hydrogen-bond donors (Lipinski definition) is 2. The molecule has 0 aliphatic heterocycles. The second-order valence-electron chi connectivity index (χ2n) is 2.38. The Morgan fingerprint density at radius 1 is 1.69 bits per heavy atom. The van der Waals surface area contributed by atoms with Gasteiger partial charge < -0.3 is 11.1 Å². The van der Waals surface area contributed by atoms with Crippen LogP contribution in [0.5, 0.6) is 0 Å². The number of anilines is 1. The molecule has 0 spiro atoms. The maximum Gasteiger partial charge on any atom is 0.144 e. The minimum Gasteiger partial charge on any atom is -0.368 e. The zero-order valence-corrected chi connectivity index (χ0v) is 8.50. The van der Waals surface area contributed by atoms with E-state index in [-0.39, 0.29) is 0 Å². The summed E-state index contributed by atoms with van der Waals surface area (Å²) >= 11 is 3.24. The molecule has 1 heterocycles. The first-order valence-corrected chi connectivity index (χ1v) is 4.57. The van der Waals surface area contributed by atoms with Crippen molar-refractivity contribution in [2.24, 2.45) is 5.73 Å². The number of rotatable bonds is 3. The topological polar surface area (TPSA) is 74.7 Å². The van der Waals surface area contributed by atoms with Gasteiger partial charge in [0.1, 0.15) is 11.9 Å². The average molecular weight is 241 g/mol. The molecule has 0 amide bonds. The molecule has 0 atom stereocenters. The lowest BCUT2D eigenvalue weighted by Gasteiger charge is -2.04. The monoisotopic (exact) mass is 240 g/mol. The maximum atomic E-state index is 8.76. The second-order valence-corrected chi connectivity index (χ2v) is 3.29. The third kappa shape index (κ3) is 2.68. The van der Waals surface area contributed by atoms with Crippen molar-refractivity contribution < 1.29 is 0 Å². The summed E-state index contributed by atoms with van der Waals surface area (Å²) in [5, 5.41) is 11.7. The van der Waals surface area contributed by atoms with E-state index in [0.717, 1.165) is 4.47 Å². The van der Waals surface area contributed by atoms with Crippen molar-refractivity contribution in [3.05, 3.63) is 22.3 Å². The molecule has 3 N–H and O–H groups in total. The molecule has 1 aromatic rings. The fraction of sp³-hybridized carbons (Fsp3) is 0.250. The average Bonchev–Trinajstić information content (AvgIpc) is 2.16. The summed E-state index contributed by atoms with van der Waals surface area (Å²) in [4.78, 5) is 4.05. The van der Waals surface area contributed by atoms with E-state index in [1.165, 1.54) is 0 Å². The Hall–Kier alpha value is -1.12. The molecule has 0 aliphatic carbocycles. The summed E-state index contributed by atoms with van der Waals surface area (Å²) in [7, 11) is 0. The fourth-order valence-electron chi connectivity index (χ4n) is 0.856. The number of aromatic nitrogens is 1. The first-order valence-electron chi connectivity index (χ1n) is 3.77. The van der Waals surface area contributed by atoms with Gasteiger partial charge in [-0.1, -0.05) is 0 Å². The van der Waals surface area contributed by atoms with Crippen molar-refractivity contribution in [2.45, 2.75) is 0 Å². The molecule has 0 saturated carbocycles. The van der Waals surface area contributed by atoms with Gasteiger partial charge in [0.2, 0.25) is 0 Å². The van der Waals surface area contributed by atoms with Crippen molar-refractivity contribution in [1.29, 1.82) is 5.26 Å². The Morgan fingerprint density at radius 3 is 3.08 bits per heavy atom. The Balaban J connectivity index is 2.88. The molecular weight excluding hydrogens is 232 g/mol. The number of nitrogens with two attached hydrogens (primary N) is 1. The number of nitriles is 1. The van der Waals surface area contributed by atoms with Gasteiger partial charge in [0.25, 0.3) is 0 Å². The Kier molecular flexibility index (Phi) is 3.68. The normalized spacial score (nSPS) is 9.31. The van der Waals surface area contributed by atoms with E-state index in [9.17, 15) is 0 Å². The van der Waals surface area contributed by atoms with Crippen molar-refractivity contribution in [3.63, 3.8) is 0 Å². The highest BCUT2D eigenvalue weighted by Crippen LogP contribution is 2.16. The smallest absolute Gasteiger partial charge is 0.144 e. The quantitative estimate of drug-likeness (QED) is 0.830. The van der Waals surface area contributed by atoms with Gasteiger partial charge in [0.15, 0.2) is 0 Å². The minimum atomic E-state index is 0.516.